The fourth-order valence-electron chi connectivity index (χ4n) is 2.57. The molecule has 1 heterocycles. The van der Waals surface area contributed by atoms with E-state index < -0.39 is 0 Å². The van der Waals surface area contributed by atoms with Gasteiger partial charge in [-0.25, -0.2) is 0 Å². The second-order valence-electron chi connectivity index (χ2n) is 5.28. The minimum atomic E-state index is 0.641. The van der Waals surface area contributed by atoms with Gasteiger partial charge in [-0.1, -0.05) is 40.0 Å². The van der Waals surface area contributed by atoms with Crippen molar-refractivity contribution in [3.05, 3.63) is 20.8 Å². The van der Waals surface area contributed by atoms with E-state index in [0.29, 0.717) is 6.04 Å². The quantitative estimate of drug-likeness (QED) is 0.578. The van der Waals surface area contributed by atoms with Crippen LogP contribution < -0.4 is 5.32 Å². The molecule has 0 spiro atoms. The molecular formula is C16H28BrNS. The minimum absolute atomic E-state index is 0.641. The van der Waals surface area contributed by atoms with Gasteiger partial charge in [0.1, 0.15) is 0 Å². The highest BCUT2D eigenvalue weighted by molar-refractivity contribution is 9.11. The van der Waals surface area contributed by atoms with Crippen LogP contribution in [0.15, 0.2) is 15.9 Å². The van der Waals surface area contributed by atoms with E-state index in [2.05, 4.69) is 54.2 Å². The number of hydrogen-bond donors (Lipinski definition) is 1. The van der Waals surface area contributed by atoms with Crippen molar-refractivity contribution in [1.82, 2.24) is 5.32 Å². The predicted molar refractivity (Wildman–Crippen MR) is 91.1 cm³/mol. The lowest BCUT2D eigenvalue weighted by Gasteiger charge is -2.27. The van der Waals surface area contributed by atoms with E-state index in [1.54, 1.807) is 0 Å². The zero-order valence-corrected chi connectivity index (χ0v) is 14.9. The van der Waals surface area contributed by atoms with E-state index in [9.17, 15) is 0 Å². The van der Waals surface area contributed by atoms with Crippen molar-refractivity contribution >= 4 is 27.3 Å². The van der Waals surface area contributed by atoms with E-state index in [1.165, 1.54) is 47.2 Å². The second-order valence-corrected chi connectivity index (χ2v) is 7.83. The summed E-state index contributed by atoms with van der Waals surface area (Å²) in [5, 5.41) is 3.78. The summed E-state index contributed by atoms with van der Waals surface area (Å²) in [6, 6.07) is 5.08. The van der Waals surface area contributed by atoms with Crippen molar-refractivity contribution in [3.8, 4) is 0 Å². The highest BCUT2D eigenvalue weighted by Gasteiger charge is 2.20. The lowest BCUT2D eigenvalue weighted by molar-refractivity contribution is 0.317. The third-order valence-electron chi connectivity index (χ3n) is 3.73. The van der Waals surface area contributed by atoms with E-state index in [1.807, 2.05) is 11.3 Å². The fraction of sp³-hybridized carbons (Fsp3) is 0.750. The molecule has 2 unspecified atom stereocenters. The molecule has 1 aromatic rings. The predicted octanol–water partition coefficient (Wildman–Crippen LogP) is 5.64. The summed E-state index contributed by atoms with van der Waals surface area (Å²) in [7, 11) is 0. The number of thiophene rings is 1. The van der Waals surface area contributed by atoms with Crippen molar-refractivity contribution < 1.29 is 0 Å². The van der Waals surface area contributed by atoms with Crippen molar-refractivity contribution in [3.63, 3.8) is 0 Å². The Hall–Kier alpha value is 0.140. The van der Waals surface area contributed by atoms with E-state index in [4.69, 9.17) is 0 Å². The van der Waals surface area contributed by atoms with E-state index in [0.717, 1.165) is 12.5 Å². The number of hydrogen-bond acceptors (Lipinski definition) is 2. The van der Waals surface area contributed by atoms with Gasteiger partial charge < -0.3 is 5.32 Å². The third kappa shape index (κ3) is 6.42. The average molecular weight is 346 g/mol. The fourth-order valence-corrected chi connectivity index (χ4v) is 4.11. The maximum atomic E-state index is 3.78. The summed E-state index contributed by atoms with van der Waals surface area (Å²) >= 11 is 5.45. The van der Waals surface area contributed by atoms with E-state index >= 15 is 0 Å². The molecule has 0 aliphatic carbocycles. The molecule has 110 valence electrons. The van der Waals surface area contributed by atoms with Crippen LogP contribution >= 0.6 is 27.3 Å². The molecule has 0 fully saturated rings. The Morgan fingerprint density at radius 1 is 1.21 bits per heavy atom. The first-order valence-corrected chi connectivity index (χ1v) is 9.29. The molecule has 19 heavy (non-hydrogen) atoms. The maximum absolute atomic E-state index is 3.78. The minimum Gasteiger partial charge on any atom is -0.313 e. The van der Waals surface area contributed by atoms with Gasteiger partial charge in [0.15, 0.2) is 0 Å². The molecule has 3 heteroatoms. The van der Waals surface area contributed by atoms with Gasteiger partial charge in [-0.2, -0.15) is 0 Å². The lowest BCUT2D eigenvalue weighted by Crippen LogP contribution is -2.38. The first-order chi connectivity index (χ1) is 9.21. The summed E-state index contributed by atoms with van der Waals surface area (Å²) in [6.45, 7) is 8.02. The van der Waals surface area contributed by atoms with Gasteiger partial charge in [0.25, 0.3) is 0 Å². The van der Waals surface area contributed by atoms with Crippen LogP contribution in [0.25, 0.3) is 0 Å². The summed E-state index contributed by atoms with van der Waals surface area (Å²) in [6.07, 6.45) is 7.71. The molecule has 1 aromatic heterocycles. The summed E-state index contributed by atoms with van der Waals surface area (Å²) in [5.41, 5.74) is 0. The number of nitrogens with one attached hydrogen (secondary N) is 1. The average Bonchev–Trinajstić information content (AvgIpc) is 2.81. The molecule has 0 radical (unpaired) electrons. The Bertz CT molecular complexity index is 337. The Kier molecular flexibility index (Phi) is 9.01. The van der Waals surface area contributed by atoms with Gasteiger partial charge in [0.2, 0.25) is 0 Å². The maximum Gasteiger partial charge on any atom is 0.0701 e. The zero-order valence-electron chi connectivity index (χ0n) is 12.5. The summed E-state index contributed by atoms with van der Waals surface area (Å²) in [4.78, 5) is 1.50. The van der Waals surface area contributed by atoms with E-state index in [-0.39, 0.29) is 0 Å². The number of unbranched alkanes of at least 4 members (excludes halogenated alkanes) is 1. The van der Waals surface area contributed by atoms with Crippen LogP contribution in [0, 0.1) is 5.92 Å². The van der Waals surface area contributed by atoms with Gasteiger partial charge in [0, 0.05) is 10.9 Å². The Balaban J connectivity index is 2.62. The molecule has 1 nitrogen and oxygen atoms in total. The van der Waals surface area contributed by atoms with Gasteiger partial charge in [0.05, 0.1) is 3.79 Å². The van der Waals surface area contributed by atoms with Crippen LogP contribution in [0.2, 0.25) is 0 Å². The molecule has 0 aliphatic rings. The number of rotatable bonds is 10. The normalized spacial score (nSPS) is 14.5. The second kappa shape index (κ2) is 9.95. The third-order valence-corrected chi connectivity index (χ3v) is 5.37. The smallest absolute Gasteiger partial charge is 0.0701 e. The topological polar surface area (TPSA) is 12.0 Å². The summed E-state index contributed by atoms with van der Waals surface area (Å²) in [5.74, 6) is 0.812. The van der Waals surface area contributed by atoms with Crippen molar-refractivity contribution in [2.45, 2.75) is 65.3 Å². The lowest BCUT2D eigenvalue weighted by atomic mass is 9.89. The van der Waals surface area contributed by atoms with Crippen LogP contribution in [0.3, 0.4) is 0 Å². The van der Waals surface area contributed by atoms with Gasteiger partial charge in [-0.05, 0) is 59.8 Å². The first-order valence-electron chi connectivity index (χ1n) is 7.68. The molecule has 2 atom stereocenters. The standard InChI is InChI=1S/C16H28BrNS/c1-4-7-8-13(6-3)15(18-11-5-2)12-14-9-10-16(17)19-14/h9-10,13,15,18H,4-8,11-12H2,1-3H3. The SMILES string of the molecule is CCCCC(CC)C(Cc1ccc(Br)s1)NCCC. The highest BCUT2D eigenvalue weighted by atomic mass is 79.9. The van der Waals surface area contributed by atoms with Crippen LogP contribution in [0.1, 0.15) is 57.8 Å². The molecule has 0 bridgehead atoms. The number of halogens is 1. The largest absolute Gasteiger partial charge is 0.313 e. The first kappa shape index (κ1) is 17.2. The summed E-state index contributed by atoms with van der Waals surface area (Å²) < 4.78 is 1.25. The molecule has 1 rings (SSSR count). The van der Waals surface area contributed by atoms with Gasteiger partial charge in [-0.15, -0.1) is 11.3 Å². The molecular weight excluding hydrogens is 318 g/mol. The molecule has 0 amide bonds. The van der Waals surface area contributed by atoms with Crippen LogP contribution in [-0.4, -0.2) is 12.6 Å². The Morgan fingerprint density at radius 3 is 2.53 bits per heavy atom. The van der Waals surface area contributed by atoms with Crippen molar-refractivity contribution in [2.75, 3.05) is 6.54 Å². The van der Waals surface area contributed by atoms with Crippen molar-refractivity contribution in [1.29, 1.82) is 0 Å². The molecule has 0 aliphatic heterocycles. The molecule has 0 saturated heterocycles. The van der Waals surface area contributed by atoms with Gasteiger partial charge in [-0.3, -0.25) is 0 Å². The Labute approximate surface area is 131 Å². The van der Waals surface area contributed by atoms with Crippen LogP contribution in [0.5, 0.6) is 0 Å². The van der Waals surface area contributed by atoms with Gasteiger partial charge >= 0.3 is 0 Å². The monoisotopic (exact) mass is 345 g/mol. The zero-order chi connectivity index (χ0) is 14.1. The van der Waals surface area contributed by atoms with Crippen molar-refractivity contribution in [2.24, 2.45) is 5.92 Å². The highest BCUT2D eigenvalue weighted by Crippen LogP contribution is 2.26. The molecule has 1 N–H and O–H groups in total. The molecule has 0 saturated carbocycles. The van der Waals surface area contributed by atoms with Crippen LogP contribution in [0.4, 0.5) is 0 Å². The Morgan fingerprint density at radius 2 is 2.00 bits per heavy atom. The molecule has 0 aromatic carbocycles. The van der Waals surface area contributed by atoms with Crippen LogP contribution in [-0.2, 0) is 6.42 Å².